The van der Waals surface area contributed by atoms with E-state index in [4.69, 9.17) is 4.74 Å². The highest BCUT2D eigenvalue weighted by molar-refractivity contribution is 5.82. The number of carbonyl (C=O) groups excluding carboxylic acids is 2. The van der Waals surface area contributed by atoms with Gasteiger partial charge in [-0.1, -0.05) is 0 Å². The van der Waals surface area contributed by atoms with Gasteiger partial charge in [-0.3, -0.25) is 4.79 Å². The highest BCUT2D eigenvalue weighted by atomic mass is 16.6. The number of nitrogens with one attached hydrogen (secondary N) is 3. The van der Waals surface area contributed by atoms with E-state index in [1.807, 2.05) is 14.1 Å². The molecular weight excluding hydrogens is 260 g/mol. The van der Waals surface area contributed by atoms with Gasteiger partial charge in [0.15, 0.2) is 0 Å². The Bertz CT molecular complexity index is 294. The van der Waals surface area contributed by atoms with Gasteiger partial charge >= 0.3 is 6.09 Å². The smallest absolute Gasteiger partial charge is 0.408 e. The van der Waals surface area contributed by atoms with Gasteiger partial charge in [0.05, 0.1) is 0 Å². The summed E-state index contributed by atoms with van der Waals surface area (Å²) >= 11 is 0. The number of carbonyl (C=O) groups is 2. The van der Waals surface area contributed by atoms with E-state index in [1.54, 1.807) is 25.7 Å². The van der Waals surface area contributed by atoms with Crippen molar-refractivity contribution in [1.82, 2.24) is 20.9 Å². The van der Waals surface area contributed by atoms with Crippen molar-refractivity contribution < 1.29 is 14.3 Å². The van der Waals surface area contributed by atoms with Crippen molar-refractivity contribution in [2.24, 2.45) is 0 Å². The largest absolute Gasteiger partial charge is 0.444 e. The van der Waals surface area contributed by atoms with E-state index in [0.717, 1.165) is 0 Å². The lowest BCUT2D eigenvalue weighted by Gasteiger charge is -2.24. The van der Waals surface area contributed by atoms with Gasteiger partial charge in [-0.25, -0.2) is 4.79 Å². The van der Waals surface area contributed by atoms with E-state index < -0.39 is 11.7 Å². The zero-order valence-corrected chi connectivity index (χ0v) is 13.2. The average molecular weight is 288 g/mol. The van der Waals surface area contributed by atoms with Crippen LogP contribution < -0.4 is 16.0 Å². The molecule has 0 heterocycles. The number of ether oxygens (including phenoxy) is 1. The molecule has 2 amide bonds. The fourth-order valence-corrected chi connectivity index (χ4v) is 1.43. The van der Waals surface area contributed by atoms with Crippen LogP contribution in [-0.4, -0.2) is 69.3 Å². The van der Waals surface area contributed by atoms with Gasteiger partial charge in [0.2, 0.25) is 5.91 Å². The molecule has 0 aliphatic rings. The van der Waals surface area contributed by atoms with E-state index in [9.17, 15) is 9.59 Å². The minimum Gasteiger partial charge on any atom is -0.444 e. The number of alkyl carbamates (subject to hydrolysis) is 1. The summed E-state index contributed by atoms with van der Waals surface area (Å²) in [7, 11) is 3.67. The van der Waals surface area contributed by atoms with Crippen molar-refractivity contribution in [3.63, 3.8) is 0 Å². The van der Waals surface area contributed by atoms with Gasteiger partial charge < -0.3 is 25.6 Å². The lowest BCUT2D eigenvalue weighted by molar-refractivity contribution is -0.130. The molecule has 118 valence electrons. The molecule has 0 fully saturated rings. The van der Waals surface area contributed by atoms with E-state index in [2.05, 4.69) is 16.0 Å². The fraction of sp³-hybridized carbons (Fsp3) is 0.846. The average Bonchev–Trinajstić information content (AvgIpc) is 2.34. The van der Waals surface area contributed by atoms with E-state index in [-0.39, 0.29) is 12.5 Å². The van der Waals surface area contributed by atoms with Crippen LogP contribution in [0.4, 0.5) is 4.79 Å². The first-order valence-corrected chi connectivity index (χ1v) is 6.84. The van der Waals surface area contributed by atoms with Crippen molar-refractivity contribution in [3.8, 4) is 0 Å². The van der Waals surface area contributed by atoms with Crippen LogP contribution in [0.2, 0.25) is 0 Å². The fourth-order valence-electron chi connectivity index (χ4n) is 1.43. The van der Waals surface area contributed by atoms with Crippen LogP contribution in [0.3, 0.4) is 0 Å². The molecule has 0 saturated heterocycles. The third-order valence-electron chi connectivity index (χ3n) is 2.40. The van der Waals surface area contributed by atoms with Crippen LogP contribution in [-0.2, 0) is 9.53 Å². The third-order valence-corrected chi connectivity index (χ3v) is 2.40. The number of hydrogen-bond donors (Lipinski definition) is 3. The molecule has 0 aromatic rings. The van der Waals surface area contributed by atoms with Crippen LogP contribution in [0.15, 0.2) is 0 Å². The lowest BCUT2D eigenvalue weighted by Crippen LogP contribution is -2.45. The Hall–Kier alpha value is -1.34. The second kappa shape index (κ2) is 9.55. The molecule has 0 atom stereocenters. The summed E-state index contributed by atoms with van der Waals surface area (Å²) in [5.41, 5.74) is -0.564. The summed E-state index contributed by atoms with van der Waals surface area (Å²) in [4.78, 5) is 25.2. The predicted octanol–water partition coefficient (Wildman–Crippen LogP) is -0.221. The molecule has 0 spiro atoms. The van der Waals surface area contributed by atoms with Gasteiger partial charge in [-0.15, -0.1) is 0 Å². The van der Waals surface area contributed by atoms with Crippen molar-refractivity contribution >= 4 is 12.0 Å². The van der Waals surface area contributed by atoms with Crippen LogP contribution in [0.1, 0.15) is 20.8 Å². The molecule has 7 nitrogen and oxygen atoms in total. The Balaban J connectivity index is 4.20. The number of hydrogen-bond acceptors (Lipinski definition) is 5. The lowest BCUT2D eigenvalue weighted by atomic mass is 10.2. The SMILES string of the molecule is CNCCN(CCNC)C(=O)CNC(=O)OC(C)(C)C. The molecule has 0 aromatic carbocycles. The Kier molecular flexibility index (Phi) is 8.91. The predicted molar refractivity (Wildman–Crippen MR) is 78.7 cm³/mol. The second-order valence-electron chi connectivity index (χ2n) is 5.44. The van der Waals surface area contributed by atoms with E-state index in [1.165, 1.54) is 0 Å². The summed E-state index contributed by atoms with van der Waals surface area (Å²) in [5, 5.41) is 8.48. The molecule has 0 aromatic heterocycles. The van der Waals surface area contributed by atoms with Crippen molar-refractivity contribution in [2.75, 3.05) is 46.8 Å². The number of rotatable bonds is 8. The monoisotopic (exact) mass is 288 g/mol. The van der Waals surface area contributed by atoms with E-state index >= 15 is 0 Å². The van der Waals surface area contributed by atoms with Crippen molar-refractivity contribution in [1.29, 1.82) is 0 Å². The summed E-state index contributed by atoms with van der Waals surface area (Å²) in [5.74, 6) is -0.124. The normalized spacial score (nSPS) is 11.1. The molecule has 3 N–H and O–H groups in total. The standard InChI is InChI=1S/C13H28N4O3/c1-13(2,3)20-12(19)16-10-11(18)17(8-6-14-4)9-7-15-5/h14-15H,6-10H2,1-5H3,(H,16,19). The maximum atomic E-state index is 12.0. The molecule has 0 saturated carbocycles. The Morgan fingerprint density at radius 1 is 1.05 bits per heavy atom. The topological polar surface area (TPSA) is 82.7 Å². The zero-order chi connectivity index (χ0) is 15.6. The number of amides is 2. The minimum atomic E-state index is -0.576. The van der Waals surface area contributed by atoms with Crippen LogP contribution in [0.25, 0.3) is 0 Å². The zero-order valence-electron chi connectivity index (χ0n) is 13.2. The maximum Gasteiger partial charge on any atom is 0.408 e. The quantitative estimate of drug-likeness (QED) is 0.575. The highest BCUT2D eigenvalue weighted by Gasteiger charge is 2.18. The van der Waals surface area contributed by atoms with Crippen LogP contribution >= 0.6 is 0 Å². The molecule has 0 aliphatic carbocycles. The summed E-state index contributed by atoms with van der Waals surface area (Å²) in [6.45, 7) is 7.91. The number of nitrogens with zero attached hydrogens (tertiary/aromatic N) is 1. The molecule has 0 unspecified atom stereocenters. The first-order valence-electron chi connectivity index (χ1n) is 6.84. The van der Waals surface area contributed by atoms with Gasteiger partial charge in [0.1, 0.15) is 12.1 Å². The van der Waals surface area contributed by atoms with Crippen molar-refractivity contribution in [3.05, 3.63) is 0 Å². The van der Waals surface area contributed by atoms with Gasteiger partial charge in [0.25, 0.3) is 0 Å². The van der Waals surface area contributed by atoms with Gasteiger partial charge in [-0.2, -0.15) is 0 Å². The van der Waals surface area contributed by atoms with Crippen molar-refractivity contribution in [2.45, 2.75) is 26.4 Å². The Labute approximate surface area is 121 Å². The third kappa shape index (κ3) is 9.57. The maximum absolute atomic E-state index is 12.0. The Morgan fingerprint density at radius 2 is 1.55 bits per heavy atom. The Morgan fingerprint density at radius 3 is 1.95 bits per heavy atom. The second-order valence-corrected chi connectivity index (χ2v) is 5.44. The highest BCUT2D eigenvalue weighted by Crippen LogP contribution is 2.06. The molecular formula is C13H28N4O3. The first-order chi connectivity index (χ1) is 9.30. The van der Waals surface area contributed by atoms with E-state index in [0.29, 0.717) is 26.2 Å². The van der Waals surface area contributed by atoms with Crippen LogP contribution in [0.5, 0.6) is 0 Å². The van der Waals surface area contributed by atoms with Crippen LogP contribution in [0, 0.1) is 0 Å². The minimum absolute atomic E-state index is 0.0532. The molecule has 0 rings (SSSR count). The summed E-state index contributed by atoms with van der Waals surface area (Å²) in [6.07, 6.45) is -0.576. The number of likely N-dealkylation sites (N-methyl/N-ethyl adjacent to an activating group) is 2. The molecule has 0 aliphatic heterocycles. The summed E-state index contributed by atoms with van der Waals surface area (Å²) < 4.78 is 5.08. The first kappa shape index (κ1) is 18.7. The molecule has 20 heavy (non-hydrogen) atoms. The molecule has 0 radical (unpaired) electrons. The molecule has 7 heteroatoms. The van der Waals surface area contributed by atoms with Gasteiger partial charge in [0, 0.05) is 26.2 Å². The molecule has 0 bridgehead atoms. The summed E-state index contributed by atoms with van der Waals surface area (Å²) in [6, 6.07) is 0. The van der Waals surface area contributed by atoms with Gasteiger partial charge in [-0.05, 0) is 34.9 Å².